The Kier molecular flexibility index (Phi) is 5.13. The lowest BCUT2D eigenvalue weighted by molar-refractivity contribution is 0.0996. The number of carbonyl (C=O) groups excluding carboxylic acids is 1. The Balaban J connectivity index is 1.09. The number of nitrogens with zero attached hydrogens (tertiary/aromatic N) is 6. The molecule has 36 heavy (non-hydrogen) atoms. The number of fused-ring (bicyclic) bond motifs is 1. The van der Waals surface area contributed by atoms with E-state index in [9.17, 15) is 4.79 Å². The largest absolute Gasteiger partial charge is 0.319 e. The summed E-state index contributed by atoms with van der Waals surface area (Å²) in [5.74, 6) is 2.21. The first-order chi connectivity index (χ1) is 17.6. The molecule has 1 amide bonds. The molecule has 8 heteroatoms. The number of hydrogen-bond donors (Lipinski definition) is 1. The van der Waals surface area contributed by atoms with E-state index in [1.54, 1.807) is 11.2 Å². The smallest absolute Gasteiger partial charge is 0.260 e. The van der Waals surface area contributed by atoms with Crippen molar-refractivity contribution in [1.82, 2.24) is 24.8 Å². The van der Waals surface area contributed by atoms with Gasteiger partial charge in [-0.05, 0) is 80.3 Å². The van der Waals surface area contributed by atoms with Crippen molar-refractivity contribution in [3.63, 3.8) is 0 Å². The van der Waals surface area contributed by atoms with E-state index in [4.69, 9.17) is 4.98 Å². The lowest BCUT2D eigenvalue weighted by Gasteiger charge is -2.38. The molecule has 3 aromatic rings. The molecule has 2 aromatic heterocycles. The van der Waals surface area contributed by atoms with Crippen molar-refractivity contribution in [1.29, 1.82) is 0 Å². The molecule has 0 bridgehead atoms. The van der Waals surface area contributed by atoms with Crippen LogP contribution in [-0.2, 0) is 6.54 Å². The number of nitrogens with one attached hydrogen (secondary N) is 1. The van der Waals surface area contributed by atoms with Crippen molar-refractivity contribution in [2.45, 2.75) is 75.9 Å². The first-order valence-electron chi connectivity index (χ1n) is 13.4. The summed E-state index contributed by atoms with van der Waals surface area (Å²) in [4.78, 5) is 19.9. The van der Waals surface area contributed by atoms with Crippen LogP contribution >= 0.6 is 0 Å². The molecule has 3 fully saturated rings. The minimum absolute atomic E-state index is 0.000849. The van der Waals surface area contributed by atoms with Crippen molar-refractivity contribution in [3.05, 3.63) is 53.9 Å². The molecular formula is C28H33N7O. The highest BCUT2D eigenvalue weighted by atomic mass is 16.2. The summed E-state index contributed by atoms with van der Waals surface area (Å²) in [6.45, 7) is 0.521. The minimum atomic E-state index is -0.000849. The maximum Gasteiger partial charge on any atom is 0.260 e. The molecule has 0 saturated heterocycles. The number of pyridine rings is 1. The fraction of sp³-hybridized carbons (Fsp3) is 0.500. The van der Waals surface area contributed by atoms with E-state index in [-0.39, 0.29) is 5.91 Å². The van der Waals surface area contributed by atoms with Crippen LogP contribution in [0.15, 0.2) is 42.7 Å². The molecule has 1 aromatic carbocycles. The Morgan fingerprint density at radius 1 is 1.06 bits per heavy atom. The van der Waals surface area contributed by atoms with Gasteiger partial charge in [-0.3, -0.25) is 9.69 Å². The third kappa shape index (κ3) is 3.70. The van der Waals surface area contributed by atoms with Crippen molar-refractivity contribution in [2.24, 2.45) is 5.92 Å². The Morgan fingerprint density at radius 3 is 2.67 bits per heavy atom. The SMILES string of the molecule is CN(Nc1ccc2c(c1)CN(c1cccc(-c3nncn3C3CC3)n1)C2=O)C1(C2CCCCC2)CC1. The van der Waals surface area contributed by atoms with E-state index in [0.717, 1.165) is 47.1 Å². The van der Waals surface area contributed by atoms with Crippen LogP contribution < -0.4 is 10.3 Å². The van der Waals surface area contributed by atoms with Gasteiger partial charge in [-0.25, -0.2) is 9.99 Å². The van der Waals surface area contributed by atoms with E-state index >= 15 is 0 Å². The predicted octanol–water partition coefficient (Wildman–Crippen LogP) is 5.21. The van der Waals surface area contributed by atoms with Gasteiger partial charge in [0.25, 0.3) is 5.91 Å². The molecule has 0 spiro atoms. The van der Waals surface area contributed by atoms with Crippen molar-refractivity contribution < 1.29 is 4.79 Å². The highest BCUT2D eigenvalue weighted by Crippen LogP contribution is 2.52. The van der Waals surface area contributed by atoms with Gasteiger partial charge in [-0.15, -0.1) is 10.2 Å². The highest BCUT2D eigenvalue weighted by Gasteiger charge is 2.52. The third-order valence-electron chi connectivity index (χ3n) is 8.75. The lowest BCUT2D eigenvalue weighted by Crippen LogP contribution is -2.44. The van der Waals surface area contributed by atoms with E-state index < -0.39 is 0 Å². The van der Waals surface area contributed by atoms with Crippen LogP contribution in [0.5, 0.6) is 0 Å². The fourth-order valence-corrected chi connectivity index (χ4v) is 6.41. The van der Waals surface area contributed by atoms with Crippen LogP contribution in [-0.4, -0.2) is 43.3 Å². The summed E-state index contributed by atoms with van der Waals surface area (Å²) in [5, 5.41) is 10.8. The van der Waals surface area contributed by atoms with Crippen molar-refractivity contribution in [2.75, 3.05) is 17.4 Å². The van der Waals surface area contributed by atoms with Gasteiger partial charge in [0.1, 0.15) is 17.8 Å². The van der Waals surface area contributed by atoms with Crippen molar-refractivity contribution in [3.8, 4) is 11.5 Å². The average molecular weight is 484 g/mol. The normalized spacial score (nSPS) is 21.2. The van der Waals surface area contributed by atoms with Crippen LogP contribution in [0.25, 0.3) is 11.5 Å². The Bertz CT molecular complexity index is 1300. The van der Waals surface area contributed by atoms with E-state index in [2.05, 4.69) is 38.3 Å². The summed E-state index contributed by atoms with van der Waals surface area (Å²) in [7, 11) is 2.20. The quantitative estimate of drug-likeness (QED) is 0.465. The van der Waals surface area contributed by atoms with Gasteiger partial charge in [0.15, 0.2) is 5.82 Å². The van der Waals surface area contributed by atoms with Gasteiger partial charge in [0.05, 0.1) is 6.54 Å². The summed E-state index contributed by atoms with van der Waals surface area (Å²) < 4.78 is 2.10. The van der Waals surface area contributed by atoms with Gasteiger partial charge in [-0.1, -0.05) is 25.3 Å². The summed E-state index contributed by atoms with van der Waals surface area (Å²) >= 11 is 0. The maximum atomic E-state index is 13.3. The van der Waals surface area contributed by atoms with E-state index in [0.29, 0.717) is 23.9 Å². The maximum absolute atomic E-state index is 13.3. The first-order valence-corrected chi connectivity index (χ1v) is 13.4. The summed E-state index contributed by atoms with van der Waals surface area (Å²) in [6.07, 6.45) is 13.4. The van der Waals surface area contributed by atoms with Crippen LogP contribution in [0.2, 0.25) is 0 Å². The fourth-order valence-electron chi connectivity index (χ4n) is 6.41. The number of benzene rings is 1. The number of aromatic nitrogens is 4. The molecule has 7 rings (SSSR count). The molecule has 4 aliphatic rings. The molecule has 186 valence electrons. The number of carbonyl (C=O) groups is 1. The zero-order chi connectivity index (χ0) is 24.3. The number of hydrogen-bond acceptors (Lipinski definition) is 6. The standard InChI is InChI=1S/C28H33N7O/c1-33(28(14-15-28)20-6-3-2-4-7-20)32-21-10-13-23-19(16-21)17-34(27(23)36)25-9-5-8-24(30-25)26-31-29-18-35(26)22-11-12-22/h5,8-10,13,16,18,20,22,32H,2-4,6-7,11-12,14-15,17H2,1H3. The Labute approximate surface area is 211 Å². The van der Waals surface area contributed by atoms with Gasteiger partial charge in [-0.2, -0.15) is 0 Å². The average Bonchev–Trinajstić information content (AvgIpc) is 3.84. The van der Waals surface area contributed by atoms with Gasteiger partial charge >= 0.3 is 0 Å². The molecule has 8 nitrogen and oxygen atoms in total. The molecule has 0 atom stereocenters. The summed E-state index contributed by atoms with van der Waals surface area (Å²) in [6, 6.07) is 12.4. The second-order valence-electron chi connectivity index (χ2n) is 11.0. The number of rotatable bonds is 7. The third-order valence-corrected chi connectivity index (χ3v) is 8.75. The first kappa shape index (κ1) is 22.0. The Hall–Kier alpha value is -3.26. The lowest BCUT2D eigenvalue weighted by atomic mass is 9.82. The second kappa shape index (κ2) is 8.40. The summed E-state index contributed by atoms with van der Waals surface area (Å²) in [5.41, 5.74) is 7.55. The zero-order valence-corrected chi connectivity index (χ0v) is 20.9. The molecule has 3 heterocycles. The number of hydrazine groups is 1. The minimum Gasteiger partial charge on any atom is -0.319 e. The molecule has 0 radical (unpaired) electrons. The van der Waals surface area contributed by atoms with Crippen LogP contribution in [0.1, 0.15) is 79.8 Å². The molecule has 0 unspecified atom stereocenters. The molecule has 3 aliphatic carbocycles. The molecule has 3 saturated carbocycles. The number of amides is 1. The van der Waals surface area contributed by atoms with Gasteiger partial charge in [0.2, 0.25) is 0 Å². The van der Waals surface area contributed by atoms with Crippen LogP contribution in [0.4, 0.5) is 11.5 Å². The monoisotopic (exact) mass is 483 g/mol. The second-order valence-corrected chi connectivity index (χ2v) is 11.0. The molecular weight excluding hydrogens is 450 g/mol. The van der Waals surface area contributed by atoms with Crippen molar-refractivity contribution >= 4 is 17.4 Å². The predicted molar refractivity (Wildman–Crippen MR) is 138 cm³/mol. The van der Waals surface area contributed by atoms with Gasteiger partial charge < -0.3 is 9.99 Å². The Morgan fingerprint density at radius 2 is 1.89 bits per heavy atom. The van der Waals surface area contributed by atoms with Crippen LogP contribution in [0, 0.1) is 5.92 Å². The van der Waals surface area contributed by atoms with E-state index in [1.165, 1.54) is 44.9 Å². The molecule has 1 N–H and O–H groups in total. The van der Waals surface area contributed by atoms with Crippen LogP contribution in [0.3, 0.4) is 0 Å². The number of anilines is 2. The zero-order valence-electron chi connectivity index (χ0n) is 20.9. The topological polar surface area (TPSA) is 79.2 Å². The highest BCUT2D eigenvalue weighted by molar-refractivity contribution is 6.09. The van der Waals surface area contributed by atoms with Gasteiger partial charge in [0, 0.05) is 29.9 Å². The van der Waals surface area contributed by atoms with E-state index in [1.807, 2.05) is 30.3 Å². The molecule has 1 aliphatic heterocycles.